The van der Waals surface area contributed by atoms with E-state index in [-0.39, 0.29) is 0 Å². The highest BCUT2D eigenvalue weighted by molar-refractivity contribution is 14.1. The molecule has 90 valence electrons. The molecule has 0 spiro atoms. The van der Waals surface area contributed by atoms with Crippen LogP contribution in [-0.2, 0) is 14.3 Å². The van der Waals surface area contributed by atoms with Gasteiger partial charge in [-0.05, 0) is 16.3 Å². The van der Waals surface area contributed by atoms with Gasteiger partial charge in [0.25, 0.3) is 10.1 Å². The van der Waals surface area contributed by atoms with Gasteiger partial charge in [0.2, 0.25) is 0 Å². The van der Waals surface area contributed by atoms with Gasteiger partial charge in [0.05, 0.1) is 7.11 Å². The van der Waals surface area contributed by atoms with Crippen LogP contribution in [0.2, 0.25) is 0 Å². The molecule has 0 aliphatic heterocycles. The Bertz CT molecular complexity index is 632. The normalized spacial score (nSPS) is 13.8. The van der Waals surface area contributed by atoms with Crippen molar-refractivity contribution in [3.05, 3.63) is 48.0 Å². The quantitative estimate of drug-likeness (QED) is 0.478. The highest BCUT2D eigenvalue weighted by atomic mass is 127. The van der Waals surface area contributed by atoms with Crippen molar-refractivity contribution in [2.45, 2.75) is 3.26 Å². The van der Waals surface area contributed by atoms with Crippen molar-refractivity contribution in [1.29, 1.82) is 0 Å². The summed E-state index contributed by atoms with van der Waals surface area (Å²) in [5.41, 5.74) is 0.755. The number of rotatable bonds is 3. The molecule has 0 saturated carbocycles. The van der Waals surface area contributed by atoms with Gasteiger partial charge < -0.3 is 0 Å². The molecule has 0 aliphatic rings. The lowest BCUT2D eigenvalue weighted by atomic mass is 10.1. The second-order valence-corrected chi connectivity index (χ2v) is 7.43. The fourth-order valence-electron chi connectivity index (χ4n) is 1.69. The van der Waals surface area contributed by atoms with Crippen molar-refractivity contribution < 1.29 is 12.6 Å². The molecule has 0 saturated heterocycles. The van der Waals surface area contributed by atoms with Gasteiger partial charge in [-0.2, -0.15) is 8.42 Å². The monoisotopic (exact) mass is 362 g/mol. The maximum absolute atomic E-state index is 11.7. The van der Waals surface area contributed by atoms with Gasteiger partial charge in [0, 0.05) is 0 Å². The average molecular weight is 362 g/mol. The summed E-state index contributed by atoms with van der Waals surface area (Å²) in [5.74, 6) is 0. The number of fused-ring (bicyclic) bond motifs is 1. The molecule has 2 rings (SSSR count). The lowest BCUT2D eigenvalue weighted by Crippen LogP contribution is -2.09. The van der Waals surface area contributed by atoms with E-state index in [0.717, 1.165) is 16.3 Å². The summed E-state index contributed by atoms with van der Waals surface area (Å²) in [6, 6.07) is 13.3. The van der Waals surface area contributed by atoms with E-state index in [9.17, 15) is 8.42 Å². The van der Waals surface area contributed by atoms with Crippen molar-refractivity contribution in [3.8, 4) is 0 Å². The van der Waals surface area contributed by atoms with E-state index in [2.05, 4.69) is 4.18 Å². The Morgan fingerprint density at radius 2 is 1.76 bits per heavy atom. The first-order valence-electron chi connectivity index (χ1n) is 4.97. The number of hydrogen-bond acceptors (Lipinski definition) is 3. The topological polar surface area (TPSA) is 43.4 Å². The van der Waals surface area contributed by atoms with Gasteiger partial charge in [-0.3, -0.25) is 4.18 Å². The summed E-state index contributed by atoms with van der Waals surface area (Å²) in [6.45, 7) is 0. The molecule has 0 radical (unpaired) electrons. The van der Waals surface area contributed by atoms with Crippen molar-refractivity contribution in [2.24, 2.45) is 0 Å². The lowest BCUT2D eigenvalue weighted by molar-refractivity contribution is 0.397. The molecule has 0 fully saturated rings. The Balaban J connectivity index is 2.64. The average Bonchev–Trinajstić information content (AvgIpc) is 2.37. The van der Waals surface area contributed by atoms with Crippen molar-refractivity contribution in [1.82, 2.24) is 0 Å². The molecule has 1 unspecified atom stereocenters. The molecular formula is C12H11IO3S. The van der Waals surface area contributed by atoms with Crippen LogP contribution < -0.4 is 0 Å². The lowest BCUT2D eigenvalue weighted by Gasteiger charge is -2.12. The standard InChI is InChI=1S/C12H11IO3S/c1-16-17(14,15)12(13)11-8-4-6-9-5-2-3-7-10(9)11/h2-8,12H,1H3. The van der Waals surface area contributed by atoms with Crippen molar-refractivity contribution >= 4 is 43.5 Å². The molecule has 0 aliphatic carbocycles. The first-order valence-corrected chi connectivity index (χ1v) is 7.69. The predicted octanol–water partition coefficient (Wildman–Crippen LogP) is 3.25. The smallest absolute Gasteiger partial charge is 0.272 e. The van der Waals surface area contributed by atoms with Crippen LogP contribution in [0.15, 0.2) is 42.5 Å². The summed E-state index contributed by atoms with van der Waals surface area (Å²) in [6.07, 6.45) is 0. The van der Waals surface area contributed by atoms with E-state index >= 15 is 0 Å². The van der Waals surface area contributed by atoms with Crippen LogP contribution in [0.3, 0.4) is 0 Å². The Morgan fingerprint density at radius 3 is 2.47 bits per heavy atom. The molecule has 0 N–H and O–H groups in total. The number of alkyl halides is 1. The summed E-state index contributed by atoms with van der Waals surface area (Å²) in [4.78, 5) is 0. The number of benzene rings is 2. The van der Waals surface area contributed by atoms with Crippen LogP contribution in [0.25, 0.3) is 10.8 Å². The van der Waals surface area contributed by atoms with Gasteiger partial charge in [0.15, 0.2) is 3.26 Å². The molecule has 0 bridgehead atoms. The molecule has 2 aromatic rings. The van der Waals surface area contributed by atoms with Gasteiger partial charge in [-0.1, -0.05) is 65.1 Å². The predicted molar refractivity (Wildman–Crippen MR) is 76.6 cm³/mol. The van der Waals surface area contributed by atoms with Crippen LogP contribution in [0.5, 0.6) is 0 Å². The van der Waals surface area contributed by atoms with Crippen molar-refractivity contribution in [3.63, 3.8) is 0 Å². The second-order valence-electron chi connectivity index (χ2n) is 3.54. The van der Waals surface area contributed by atoms with Gasteiger partial charge in [-0.25, -0.2) is 0 Å². The minimum Gasteiger partial charge on any atom is -0.272 e. The van der Waals surface area contributed by atoms with Gasteiger partial charge in [0.1, 0.15) is 0 Å². The van der Waals surface area contributed by atoms with Gasteiger partial charge in [-0.15, -0.1) is 0 Å². The number of halogens is 1. The van der Waals surface area contributed by atoms with E-state index in [0.29, 0.717) is 0 Å². The Kier molecular flexibility index (Phi) is 3.70. The molecule has 2 aromatic carbocycles. The van der Waals surface area contributed by atoms with E-state index in [1.165, 1.54) is 7.11 Å². The van der Waals surface area contributed by atoms with E-state index in [4.69, 9.17) is 0 Å². The Hall–Kier alpha value is -0.660. The van der Waals surface area contributed by atoms with Crippen molar-refractivity contribution in [2.75, 3.05) is 7.11 Å². The fraction of sp³-hybridized carbons (Fsp3) is 0.167. The van der Waals surface area contributed by atoms with Crippen LogP contribution in [-0.4, -0.2) is 15.5 Å². The minimum absolute atomic E-state index is 0.698. The highest BCUT2D eigenvalue weighted by Gasteiger charge is 2.25. The summed E-state index contributed by atoms with van der Waals surface area (Å²) >= 11 is 1.89. The summed E-state index contributed by atoms with van der Waals surface area (Å²) < 4.78 is 27.3. The number of hydrogen-bond donors (Lipinski definition) is 0. The molecule has 0 amide bonds. The van der Waals surface area contributed by atoms with Crippen LogP contribution in [0.1, 0.15) is 8.82 Å². The molecule has 0 aromatic heterocycles. The molecule has 17 heavy (non-hydrogen) atoms. The van der Waals surface area contributed by atoms with E-state index in [1.54, 1.807) is 0 Å². The maximum atomic E-state index is 11.7. The molecule has 1 atom stereocenters. The highest BCUT2D eigenvalue weighted by Crippen LogP contribution is 2.34. The molecule has 5 heteroatoms. The maximum Gasteiger partial charge on any atom is 0.283 e. The SMILES string of the molecule is COS(=O)(=O)C(I)c1cccc2ccccc12. The Morgan fingerprint density at radius 1 is 1.12 bits per heavy atom. The van der Waals surface area contributed by atoms with E-state index < -0.39 is 13.4 Å². The Labute approximate surface area is 114 Å². The summed E-state index contributed by atoms with van der Waals surface area (Å²) in [5, 5.41) is 1.97. The van der Waals surface area contributed by atoms with Gasteiger partial charge >= 0.3 is 0 Å². The minimum atomic E-state index is -3.56. The van der Waals surface area contributed by atoms with E-state index in [1.807, 2.05) is 65.1 Å². The molecule has 0 heterocycles. The molecule has 3 nitrogen and oxygen atoms in total. The molecular weight excluding hydrogens is 351 g/mol. The third-order valence-electron chi connectivity index (χ3n) is 2.55. The zero-order valence-corrected chi connectivity index (χ0v) is 12.1. The second kappa shape index (κ2) is 4.91. The zero-order valence-electron chi connectivity index (χ0n) is 9.13. The summed E-state index contributed by atoms with van der Waals surface area (Å²) in [7, 11) is -2.37. The fourth-order valence-corrected chi connectivity index (χ4v) is 3.54. The first-order chi connectivity index (χ1) is 8.06. The zero-order chi connectivity index (χ0) is 12.5. The van der Waals surface area contributed by atoms with Crippen LogP contribution >= 0.6 is 22.6 Å². The largest absolute Gasteiger partial charge is 0.283 e. The van der Waals surface area contributed by atoms with Crippen LogP contribution in [0.4, 0.5) is 0 Å². The third kappa shape index (κ3) is 2.46. The third-order valence-corrected chi connectivity index (χ3v) is 6.32. The van der Waals surface area contributed by atoms with Crippen LogP contribution in [0, 0.1) is 0 Å². The first kappa shape index (κ1) is 12.8.